The number of aryl methyl sites for hydroxylation is 1. The van der Waals surface area contributed by atoms with Gasteiger partial charge in [-0.2, -0.15) is 0 Å². The van der Waals surface area contributed by atoms with Gasteiger partial charge in [-0.05, 0) is 62.2 Å². The Balaban J connectivity index is 1.58. The van der Waals surface area contributed by atoms with Crippen molar-refractivity contribution < 1.29 is 14.4 Å². The van der Waals surface area contributed by atoms with Gasteiger partial charge in [0.25, 0.3) is 0 Å². The Kier molecular flexibility index (Phi) is 3.93. The zero-order chi connectivity index (χ0) is 21.7. The number of nitrogens with zero attached hydrogens (tertiary/aromatic N) is 2. The smallest absolute Gasteiger partial charge is 0.250 e. The molecule has 0 radical (unpaired) electrons. The van der Waals surface area contributed by atoms with Crippen LogP contribution in [0.3, 0.4) is 0 Å². The SMILES string of the molecule is Cc1cc(Cl)cc2c1NC(=O)[C@@]21[C@@H]2C(=O)N(c3cccc(Cl)c3)C(=O)[C@H]2[C@H]2CCCN21. The highest BCUT2D eigenvalue weighted by Crippen LogP contribution is 2.61. The molecule has 4 heterocycles. The van der Waals surface area contributed by atoms with Crippen LogP contribution in [0.4, 0.5) is 11.4 Å². The van der Waals surface area contributed by atoms with Gasteiger partial charge in [0, 0.05) is 27.3 Å². The fourth-order valence-electron chi connectivity index (χ4n) is 6.31. The molecule has 3 amide bonds. The third kappa shape index (κ3) is 2.25. The van der Waals surface area contributed by atoms with Crippen LogP contribution in [0.25, 0.3) is 0 Å². The predicted octanol–water partition coefficient (Wildman–Crippen LogP) is 3.73. The average molecular weight is 456 g/mol. The van der Waals surface area contributed by atoms with Crippen molar-refractivity contribution in [2.45, 2.75) is 31.3 Å². The van der Waals surface area contributed by atoms with Crippen LogP contribution in [0.1, 0.15) is 24.0 Å². The van der Waals surface area contributed by atoms with Gasteiger partial charge in [-0.1, -0.05) is 29.3 Å². The molecule has 6 rings (SSSR count). The summed E-state index contributed by atoms with van der Waals surface area (Å²) >= 11 is 12.5. The molecular formula is C23H19Cl2N3O3. The molecule has 0 saturated carbocycles. The summed E-state index contributed by atoms with van der Waals surface area (Å²) in [7, 11) is 0. The van der Waals surface area contributed by atoms with Gasteiger partial charge in [0.2, 0.25) is 17.7 Å². The average Bonchev–Trinajstić information content (AvgIpc) is 3.41. The fraction of sp³-hybridized carbons (Fsp3) is 0.348. The predicted molar refractivity (Wildman–Crippen MR) is 117 cm³/mol. The van der Waals surface area contributed by atoms with Crippen molar-refractivity contribution in [2.24, 2.45) is 11.8 Å². The second kappa shape index (κ2) is 6.31. The number of carbonyl (C=O) groups is 3. The maximum absolute atomic E-state index is 13.8. The molecule has 3 saturated heterocycles. The first-order valence-corrected chi connectivity index (χ1v) is 11.1. The normalized spacial score (nSPS) is 31.4. The molecule has 0 aromatic heterocycles. The number of rotatable bonds is 1. The van der Waals surface area contributed by atoms with E-state index in [0.717, 1.165) is 18.4 Å². The zero-order valence-corrected chi connectivity index (χ0v) is 18.2. The number of anilines is 2. The van der Waals surface area contributed by atoms with Gasteiger partial charge in [0.15, 0.2) is 0 Å². The molecule has 4 aliphatic rings. The molecule has 4 aliphatic heterocycles. The molecule has 2 aromatic carbocycles. The lowest BCUT2D eigenvalue weighted by Gasteiger charge is -2.36. The number of imide groups is 1. The number of nitrogens with one attached hydrogen (secondary N) is 1. The summed E-state index contributed by atoms with van der Waals surface area (Å²) in [5, 5.41) is 3.96. The highest BCUT2D eigenvalue weighted by atomic mass is 35.5. The largest absolute Gasteiger partial charge is 0.324 e. The van der Waals surface area contributed by atoms with Crippen LogP contribution in [-0.4, -0.2) is 35.2 Å². The van der Waals surface area contributed by atoms with E-state index >= 15 is 0 Å². The number of amides is 3. The molecule has 158 valence electrons. The molecule has 2 aromatic rings. The summed E-state index contributed by atoms with van der Waals surface area (Å²) in [5.74, 6) is -2.24. The molecule has 0 bridgehead atoms. The first kappa shape index (κ1) is 19.3. The van der Waals surface area contributed by atoms with Gasteiger partial charge in [-0.15, -0.1) is 0 Å². The second-order valence-corrected chi connectivity index (χ2v) is 9.64. The maximum atomic E-state index is 13.8. The minimum atomic E-state index is -1.23. The number of benzene rings is 2. The monoisotopic (exact) mass is 455 g/mol. The van der Waals surface area contributed by atoms with Crippen molar-refractivity contribution in [2.75, 3.05) is 16.8 Å². The summed E-state index contributed by atoms with van der Waals surface area (Å²) in [6, 6.07) is 10.1. The van der Waals surface area contributed by atoms with Crippen molar-refractivity contribution in [3.05, 3.63) is 57.6 Å². The van der Waals surface area contributed by atoms with E-state index in [4.69, 9.17) is 23.2 Å². The van der Waals surface area contributed by atoms with Crippen LogP contribution >= 0.6 is 23.2 Å². The summed E-state index contributed by atoms with van der Waals surface area (Å²) in [6.07, 6.45) is 1.64. The van der Waals surface area contributed by atoms with Gasteiger partial charge < -0.3 is 5.32 Å². The Morgan fingerprint density at radius 3 is 2.65 bits per heavy atom. The van der Waals surface area contributed by atoms with Crippen molar-refractivity contribution >= 4 is 52.3 Å². The van der Waals surface area contributed by atoms with Crippen molar-refractivity contribution in [3.63, 3.8) is 0 Å². The highest BCUT2D eigenvalue weighted by Gasteiger charge is 2.74. The van der Waals surface area contributed by atoms with Crippen LogP contribution < -0.4 is 10.2 Å². The van der Waals surface area contributed by atoms with E-state index in [-0.39, 0.29) is 23.8 Å². The number of carbonyl (C=O) groups excluding carboxylic acids is 3. The van der Waals surface area contributed by atoms with Crippen LogP contribution in [0, 0.1) is 18.8 Å². The Bertz CT molecular complexity index is 1200. The summed E-state index contributed by atoms with van der Waals surface area (Å²) in [4.78, 5) is 44.4. The van der Waals surface area contributed by atoms with E-state index in [0.29, 0.717) is 33.5 Å². The number of hydrogen-bond donors (Lipinski definition) is 1. The van der Waals surface area contributed by atoms with E-state index in [1.807, 2.05) is 6.92 Å². The molecule has 0 unspecified atom stereocenters. The Morgan fingerprint density at radius 2 is 1.87 bits per heavy atom. The summed E-state index contributed by atoms with van der Waals surface area (Å²) < 4.78 is 0. The summed E-state index contributed by atoms with van der Waals surface area (Å²) in [6.45, 7) is 2.55. The Labute approximate surface area is 189 Å². The minimum Gasteiger partial charge on any atom is -0.324 e. The van der Waals surface area contributed by atoms with Crippen LogP contribution in [-0.2, 0) is 19.9 Å². The first-order valence-electron chi connectivity index (χ1n) is 10.4. The third-order valence-corrected chi connectivity index (χ3v) is 7.78. The molecular weight excluding hydrogens is 437 g/mol. The molecule has 6 nitrogen and oxygen atoms in total. The lowest BCUT2D eigenvalue weighted by atomic mass is 9.75. The number of halogens is 2. The molecule has 8 heteroatoms. The van der Waals surface area contributed by atoms with Gasteiger partial charge in [0.1, 0.15) is 5.54 Å². The van der Waals surface area contributed by atoms with Crippen LogP contribution in [0.15, 0.2) is 36.4 Å². The van der Waals surface area contributed by atoms with Gasteiger partial charge in [-0.3, -0.25) is 19.3 Å². The molecule has 4 atom stereocenters. The minimum absolute atomic E-state index is 0.165. The highest BCUT2D eigenvalue weighted by molar-refractivity contribution is 6.32. The standard InChI is InChI=1S/C23H19Cl2N3O3/c1-11-8-13(25)10-15-19(11)26-22(31)23(15)18-17(16-6-3-7-27(16)23)20(29)28(21(18)30)14-5-2-4-12(24)9-14/h2,4-5,8-10,16-18H,3,6-7H2,1H3,(H,26,31)/t16-,17+,18+,23+/m1/s1. The van der Waals surface area contributed by atoms with Gasteiger partial charge >= 0.3 is 0 Å². The van der Waals surface area contributed by atoms with Crippen molar-refractivity contribution in [3.8, 4) is 0 Å². The Morgan fingerprint density at radius 1 is 1.06 bits per heavy atom. The zero-order valence-electron chi connectivity index (χ0n) is 16.7. The molecule has 1 N–H and O–H groups in total. The maximum Gasteiger partial charge on any atom is 0.250 e. The van der Waals surface area contributed by atoms with E-state index in [9.17, 15) is 14.4 Å². The molecule has 31 heavy (non-hydrogen) atoms. The van der Waals surface area contributed by atoms with Gasteiger partial charge in [0.05, 0.1) is 17.5 Å². The van der Waals surface area contributed by atoms with Crippen molar-refractivity contribution in [1.29, 1.82) is 0 Å². The molecule has 0 aliphatic carbocycles. The van der Waals surface area contributed by atoms with E-state index in [1.54, 1.807) is 36.4 Å². The quantitative estimate of drug-likeness (QED) is 0.665. The molecule has 3 fully saturated rings. The van der Waals surface area contributed by atoms with Crippen molar-refractivity contribution in [1.82, 2.24) is 4.90 Å². The van der Waals surface area contributed by atoms with E-state index in [1.165, 1.54) is 4.90 Å². The fourth-order valence-corrected chi connectivity index (χ4v) is 6.76. The Hall–Kier alpha value is -2.41. The lowest BCUT2D eigenvalue weighted by molar-refractivity contribution is -0.135. The number of fused-ring (bicyclic) bond motifs is 7. The molecule has 1 spiro atoms. The lowest BCUT2D eigenvalue weighted by Crippen LogP contribution is -2.54. The second-order valence-electron chi connectivity index (χ2n) is 8.76. The van der Waals surface area contributed by atoms with E-state index in [2.05, 4.69) is 10.2 Å². The summed E-state index contributed by atoms with van der Waals surface area (Å²) in [5.41, 5.74) is 1.46. The number of hydrogen-bond acceptors (Lipinski definition) is 4. The van der Waals surface area contributed by atoms with Crippen LogP contribution in [0.5, 0.6) is 0 Å². The van der Waals surface area contributed by atoms with E-state index < -0.39 is 17.4 Å². The van der Waals surface area contributed by atoms with Gasteiger partial charge in [-0.25, -0.2) is 4.90 Å². The topological polar surface area (TPSA) is 69.7 Å². The third-order valence-electron chi connectivity index (χ3n) is 7.33. The van der Waals surface area contributed by atoms with Crippen LogP contribution in [0.2, 0.25) is 10.0 Å². The first-order chi connectivity index (χ1) is 14.9.